The zero-order valence-corrected chi connectivity index (χ0v) is 18.9. The molecule has 2 heteroatoms. The number of hydrogen-bond donors (Lipinski definition) is 0. The van der Waals surface area contributed by atoms with Gasteiger partial charge in [0.2, 0.25) is 0 Å². The molecule has 0 aromatic heterocycles. The summed E-state index contributed by atoms with van der Waals surface area (Å²) in [5.74, 6) is 0. The van der Waals surface area contributed by atoms with E-state index < -0.39 is 0 Å². The summed E-state index contributed by atoms with van der Waals surface area (Å²) in [6, 6.07) is 21.8. The molecule has 0 radical (unpaired) electrons. The van der Waals surface area contributed by atoms with Crippen LogP contribution in [0.5, 0.6) is 0 Å². The van der Waals surface area contributed by atoms with Crippen LogP contribution in [0.1, 0.15) is 88.4 Å². The van der Waals surface area contributed by atoms with Crippen LogP contribution in [0.3, 0.4) is 0 Å². The van der Waals surface area contributed by atoms with Gasteiger partial charge in [-0.15, -0.1) is 0 Å². The summed E-state index contributed by atoms with van der Waals surface area (Å²) in [6.07, 6.45) is 18.8. The lowest BCUT2D eigenvalue weighted by Crippen LogP contribution is -2.31. The SMILES string of the molecule is CCCCCCCCCCCCN1C=CN(Cc2ccccc2)C1c1ccccc1. The van der Waals surface area contributed by atoms with Gasteiger partial charge in [-0.1, -0.05) is 125 Å². The van der Waals surface area contributed by atoms with Crippen LogP contribution in [-0.4, -0.2) is 16.3 Å². The molecule has 30 heavy (non-hydrogen) atoms. The molecule has 3 rings (SSSR count). The number of benzene rings is 2. The minimum absolute atomic E-state index is 0.310. The van der Waals surface area contributed by atoms with E-state index in [1.165, 1.54) is 75.3 Å². The first-order chi connectivity index (χ1) is 14.9. The summed E-state index contributed by atoms with van der Waals surface area (Å²) in [4.78, 5) is 5.00. The molecule has 0 aliphatic carbocycles. The van der Waals surface area contributed by atoms with Crippen molar-refractivity contribution in [3.63, 3.8) is 0 Å². The van der Waals surface area contributed by atoms with E-state index in [1.54, 1.807) is 0 Å². The van der Waals surface area contributed by atoms with Gasteiger partial charge < -0.3 is 9.80 Å². The Morgan fingerprint density at radius 1 is 0.600 bits per heavy atom. The first-order valence-electron chi connectivity index (χ1n) is 12.2. The first kappa shape index (κ1) is 22.5. The quantitative estimate of drug-likeness (QED) is 0.295. The predicted octanol–water partition coefficient (Wildman–Crippen LogP) is 7.90. The Kier molecular flexibility index (Phi) is 9.85. The van der Waals surface area contributed by atoms with Gasteiger partial charge in [-0.05, 0) is 17.5 Å². The van der Waals surface area contributed by atoms with Gasteiger partial charge in [0.05, 0.1) is 0 Å². The van der Waals surface area contributed by atoms with E-state index >= 15 is 0 Å². The Balaban J connectivity index is 1.44. The number of nitrogens with zero attached hydrogens (tertiary/aromatic N) is 2. The summed E-state index contributed by atoms with van der Waals surface area (Å²) in [7, 11) is 0. The van der Waals surface area contributed by atoms with Crippen molar-refractivity contribution in [2.24, 2.45) is 0 Å². The highest BCUT2D eigenvalue weighted by Crippen LogP contribution is 2.32. The van der Waals surface area contributed by atoms with E-state index in [2.05, 4.69) is 89.8 Å². The minimum Gasteiger partial charge on any atom is -0.352 e. The third-order valence-electron chi connectivity index (χ3n) is 6.15. The summed E-state index contributed by atoms with van der Waals surface area (Å²) < 4.78 is 0. The summed E-state index contributed by atoms with van der Waals surface area (Å²) in [5, 5.41) is 0. The lowest BCUT2D eigenvalue weighted by Gasteiger charge is -2.33. The lowest BCUT2D eigenvalue weighted by molar-refractivity contribution is 0.146. The van der Waals surface area contributed by atoms with Crippen molar-refractivity contribution in [3.8, 4) is 0 Å². The minimum atomic E-state index is 0.310. The predicted molar refractivity (Wildman–Crippen MR) is 129 cm³/mol. The molecule has 2 aromatic rings. The van der Waals surface area contributed by atoms with Crippen LogP contribution in [0, 0.1) is 0 Å². The molecular weight excluding hydrogens is 364 g/mol. The summed E-state index contributed by atoms with van der Waals surface area (Å²) in [6.45, 7) is 4.38. The fourth-order valence-corrected chi connectivity index (χ4v) is 4.44. The molecule has 0 saturated carbocycles. The second-order valence-electron chi connectivity index (χ2n) is 8.66. The van der Waals surface area contributed by atoms with Gasteiger partial charge in [0.25, 0.3) is 0 Å². The topological polar surface area (TPSA) is 6.48 Å². The van der Waals surface area contributed by atoms with Gasteiger partial charge in [-0.3, -0.25) is 0 Å². The molecule has 0 saturated heterocycles. The largest absolute Gasteiger partial charge is 0.352 e. The number of rotatable bonds is 14. The van der Waals surface area contributed by atoms with Gasteiger partial charge in [0.15, 0.2) is 0 Å². The highest BCUT2D eigenvalue weighted by atomic mass is 15.4. The van der Waals surface area contributed by atoms with Gasteiger partial charge in [-0.25, -0.2) is 0 Å². The van der Waals surface area contributed by atoms with E-state index in [4.69, 9.17) is 0 Å². The molecule has 1 unspecified atom stereocenters. The van der Waals surface area contributed by atoms with Crippen LogP contribution < -0.4 is 0 Å². The zero-order valence-electron chi connectivity index (χ0n) is 18.9. The molecule has 1 aliphatic heterocycles. The van der Waals surface area contributed by atoms with Crippen LogP contribution in [0.2, 0.25) is 0 Å². The number of hydrogen-bond acceptors (Lipinski definition) is 2. The van der Waals surface area contributed by atoms with Gasteiger partial charge in [0.1, 0.15) is 6.17 Å². The molecule has 0 N–H and O–H groups in total. The Morgan fingerprint density at radius 2 is 1.13 bits per heavy atom. The maximum Gasteiger partial charge on any atom is 0.127 e. The Bertz CT molecular complexity index is 710. The molecule has 2 aromatic carbocycles. The Labute approximate surface area is 184 Å². The molecule has 162 valence electrons. The highest BCUT2D eigenvalue weighted by Gasteiger charge is 2.27. The standard InChI is InChI=1S/C28H40N2/c1-2-3-4-5-6-7-8-9-10-17-22-29-23-24-30(25-26-18-13-11-14-19-26)28(29)27-20-15-12-16-21-27/h11-16,18-21,23-24,28H,2-10,17,22,25H2,1H3. The highest BCUT2D eigenvalue weighted by molar-refractivity contribution is 5.23. The molecular formula is C28H40N2. The van der Waals surface area contributed by atoms with Crippen LogP contribution in [0.25, 0.3) is 0 Å². The monoisotopic (exact) mass is 404 g/mol. The van der Waals surface area contributed by atoms with Crippen molar-refractivity contribution in [1.29, 1.82) is 0 Å². The van der Waals surface area contributed by atoms with Crippen LogP contribution >= 0.6 is 0 Å². The van der Waals surface area contributed by atoms with Gasteiger partial charge in [-0.2, -0.15) is 0 Å². The van der Waals surface area contributed by atoms with Crippen LogP contribution in [0.15, 0.2) is 73.1 Å². The molecule has 0 spiro atoms. The molecule has 0 fully saturated rings. The van der Waals surface area contributed by atoms with E-state index in [1.807, 2.05) is 0 Å². The molecule has 1 heterocycles. The third kappa shape index (κ3) is 7.23. The fraction of sp³-hybridized carbons (Fsp3) is 0.500. The molecule has 0 amide bonds. The second kappa shape index (κ2) is 13.2. The van der Waals surface area contributed by atoms with Crippen molar-refractivity contribution < 1.29 is 0 Å². The van der Waals surface area contributed by atoms with Crippen molar-refractivity contribution in [2.45, 2.75) is 83.8 Å². The maximum absolute atomic E-state index is 2.53. The van der Waals surface area contributed by atoms with Crippen molar-refractivity contribution in [2.75, 3.05) is 6.54 Å². The first-order valence-corrected chi connectivity index (χ1v) is 12.2. The maximum atomic E-state index is 2.53. The fourth-order valence-electron chi connectivity index (χ4n) is 4.44. The van der Waals surface area contributed by atoms with E-state index in [9.17, 15) is 0 Å². The molecule has 1 aliphatic rings. The van der Waals surface area contributed by atoms with Crippen molar-refractivity contribution in [3.05, 3.63) is 84.2 Å². The second-order valence-corrected chi connectivity index (χ2v) is 8.66. The zero-order chi connectivity index (χ0) is 20.9. The number of unbranched alkanes of at least 4 members (excludes halogenated alkanes) is 9. The van der Waals surface area contributed by atoms with Gasteiger partial charge in [0, 0.05) is 25.5 Å². The molecule has 0 bridgehead atoms. The van der Waals surface area contributed by atoms with E-state index in [-0.39, 0.29) is 0 Å². The summed E-state index contributed by atoms with van der Waals surface area (Å²) >= 11 is 0. The lowest BCUT2D eigenvalue weighted by atomic mass is 10.1. The summed E-state index contributed by atoms with van der Waals surface area (Å²) in [5.41, 5.74) is 2.74. The normalized spacial score (nSPS) is 15.8. The molecule has 1 atom stereocenters. The van der Waals surface area contributed by atoms with Crippen molar-refractivity contribution in [1.82, 2.24) is 9.80 Å². The van der Waals surface area contributed by atoms with Gasteiger partial charge >= 0.3 is 0 Å². The molecule has 2 nitrogen and oxygen atoms in total. The van der Waals surface area contributed by atoms with Crippen LogP contribution in [-0.2, 0) is 6.54 Å². The smallest absolute Gasteiger partial charge is 0.127 e. The Hall–Kier alpha value is -2.22. The van der Waals surface area contributed by atoms with E-state index in [0.29, 0.717) is 6.17 Å². The van der Waals surface area contributed by atoms with E-state index in [0.717, 1.165) is 13.1 Å². The average molecular weight is 405 g/mol. The average Bonchev–Trinajstić information content (AvgIpc) is 3.18. The van der Waals surface area contributed by atoms with Crippen LogP contribution in [0.4, 0.5) is 0 Å². The van der Waals surface area contributed by atoms with Crippen molar-refractivity contribution >= 4 is 0 Å². The Morgan fingerprint density at radius 3 is 1.77 bits per heavy atom. The third-order valence-corrected chi connectivity index (χ3v) is 6.15.